The van der Waals surface area contributed by atoms with E-state index < -0.39 is 5.92 Å². The van der Waals surface area contributed by atoms with Gasteiger partial charge in [0.2, 0.25) is 0 Å². The highest BCUT2D eigenvalue weighted by atomic mass is 16.5. The fourth-order valence-electron chi connectivity index (χ4n) is 3.63. The third kappa shape index (κ3) is 4.66. The minimum atomic E-state index is -0.428. The number of pyridine rings is 1. The Morgan fingerprint density at radius 3 is 2.38 bits per heavy atom. The van der Waals surface area contributed by atoms with E-state index in [0.29, 0.717) is 34.8 Å². The third-order valence-corrected chi connectivity index (χ3v) is 5.39. The molecule has 32 heavy (non-hydrogen) atoms. The Hall–Kier alpha value is -3.61. The summed E-state index contributed by atoms with van der Waals surface area (Å²) in [6.45, 7) is 4.37. The summed E-state index contributed by atoms with van der Waals surface area (Å²) >= 11 is 0. The zero-order chi connectivity index (χ0) is 23.3. The second-order valence-corrected chi connectivity index (χ2v) is 7.41. The molecular formula is C25H28N2O5. The van der Waals surface area contributed by atoms with Gasteiger partial charge in [0.25, 0.3) is 5.91 Å². The summed E-state index contributed by atoms with van der Waals surface area (Å²) in [6, 6.07) is 14.8. The number of benzene rings is 2. The molecule has 168 valence electrons. The third-order valence-electron chi connectivity index (χ3n) is 5.39. The van der Waals surface area contributed by atoms with Gasteiger partial charge < -0.3 is 19.1 Å². The van der Waals surface area contributed by atoms with Gasteiger partial charge in [-0.05, 0) is 37.3 Å². The van der Waals surface area contributed by atoms with Crippen LogP contribution in [0.3, 0.4) is 0 Å². The van der Waals surface area contributed by atoms with Gasteiger partial charge in [-0.15, -0.1) is 0 Å². The molecule has 0 aliphatic rings. The average molecular weight is 437 g/mol. The van der Waals surface area contributed by atoms with E-state index in [2.05, 4.69) is 0 Å². The van der Waals surface area contributed by atoms with Crippen molar-refractivity contribution >= 4 is 22.8 Å². The molecular weight excluding hydrogens is 408 g/mol. The zero-order valence-corrected chi connectivity index (χ0v) is 19.0. The number of amides is 1. The molecule has 1 aromatic heterocycles. The number of methoxy groups -OCH3 is 3. The van der Waals surface area contributed by atoms with Crippen molar-refractivity contribution in [2.75, 3.05) is 34.4 Å². The summed E-state index contributed by atoms with van der Waals surface area (Å²) in [5.41, 5.74) is 2.68. The van der Waals surface area contributed by atoms with Crippen LogP contribution in [-0.2, 0) is 9.53 Å². The van der Waals surface area contributed by atoms with E-state index in [1.807, 2.05) is 49.4 Å². The number of aromatic nitrogens is 1. The van der Waals surface area contributed by atoms with E-state index >= 15 is 0 Å². The van der Waals surface area contributed by atoms with Gasteiger partial charge in [0.15, 0.2) is 11.5 Å². The van der Waals surface area contributed by atoms with Gasteiger partial charge in [-0.1, -0.05) is 25.1 Å². The first-order valence-corrected chi connectivity index (χ1v) is 10.4. The van der Waals surface area contributed by atoms with Gasteiger partial charge in [-0.25, -0.2) is 4.98 Å². The molecule has 0 aliphatic heterocycles. The Morgan fingerprint density at radius 1 is 1.00 bits per heavy atom. The SMILES string of the molecule is CCN(CC(C)C(=O)OC)C(=O)c1cc(-c2ccc(OC)c(OC)c2)nc2ccccc12. The Morgan fingerprint density at radius 2 is 1.72 bits per heavy atom. The minimum Gasteiger partial charge on any atom is -0.493 e. The number of hydrogen-bond acceptors (Lipinski definition) is 6. The molecule has 7 heteroatoms. The molecule has 3 aromatic rings. The van der Waals surface area contributed by atoms with Gasteiger partial charge >= 0.3 is 5.97 Å². The van der Waals surface area contributed by atoms with Crippen LogP contribution in [-0.4, -0.2) is 56.2 Å². The highest BCUT2D eigenvalue weighted by Gasteiger charge is 2.24. The predicted molar refractivity (Wildman–Crippen MR) is 123 cm³/mol. The lowest BCUT2D eigenvalue weighted by Gasteiger charge is -2.24. The summed E-state index contributed by atoms with van der Waals surface area (Å²) < 4.78 is 15.6. The second kappa shape index (κ2) is 10.1. The highest BCUT2D eigenvalue weighted by molar-refractivity contribution is 6.07. The lowest BCUT2D eigenvalue weighted by Crippen LogP contribution is -2.37. The van der Waals surface area contributed by atoms with Gasteiger partial charge in [0.05, 0.1) is 44.0 Å². The summed E-state index contributed by atoms with van der Waals surface area (Å²) in [6.07, 6.45) is 0. The Bertz CT molecular complexity index is 1130. The molecule has 0 N–H and O–H groups in total. The topological polar surface area (TPSA) is 78.0 Å². The van der Waals surface area contributed by atoms with Gasteiger partial charge in [0.1, 0.15) is 0 Å². The number of fused-ring (bicyclic) bond motifs is 1. The second-order valence-electron chi connectivity index (χ2n) is 7.41. The van der Waals surface area contributed by atoms with Crippen LogP contribution in [0.25, 0.3) is 22.2 Å². The highest BCUT2D eigenvalue weighted by Crippen LogP contribution is 2.33. The first-order chi connectivity index (χ1) is 15.4. The van der Waals surface area contributed by atoms with Crippen LogP contribution in [0.5, 0.6) is 11.5 Å². The van der Waals surface area contributed by atoms with Crippen molar-refractivity contribution in [2.45, 2.75) is 13.8 Å². The van der Waals surface area contributed by atoms with Crippen molar-refractivity contribution in [3.8, 4) is 22.8 Å². The number of para-hydroxylation sites is 1. The molecule has 0 aliphatic carbocycles. The summed E-state index contributed by atoms with van der Waals surface area (Å²) in [4.78, 5) is 31.9. The molecule has 1 unspecified atom stereocenters. The molecule has 0 bridgehead atoms. The van der Waals surface area contributed by atoms with Crippen LogP contribution in [0.15, 0.2) is 48.5 Å². The van der Waals surface area contributed by atoms with E-state index in [-0.39, 0.29) is 18.4 Å². The van der Waals surface area contributed by atoms with Gasteiger partial charge in [-0.3, -0.25) is 9.59 Å². The van der Waals surface area contributed by atoms with Crippen LogP contribution in [0.1, 0.15) is 24.2 Å². The smallest absolute Gasteiger partial charge is 0.310 e. The first-order valence-electron chi connectivity index (χ1n) is 10.4. The number of esters is 1. The van der Waals surface area contributed by atoms with E-state index in [9.17, 15) is 9.59 Å². The van der Waals surface area contributed by atoms with Crippen molar-refractivity contribution < 1.29 is 23.8 Å². The van der Waals surface area contributed by atoms with Crippen molar-refractivity contribution in [1.82, 2.24) is 9.88 Å². The molecule has 0 saturated carbocycles. The number of rotatable bonds is 8. The number of ether oxygens (including phenoxy) is 3. The molecule has 7 nitrogen and oxygen atoms in total. The number of carbonyl (C=O) groups is 2. The van der Waals surface area contributed by atoms with Crippen molar-refractivity contribution in [3.63, 3.8) is 0 Å². The maximum atomic E-state index is 13.5. The molecule has 1 heterocycles. The molecule has 0 fully saturated rings. The molecule has 1 amide bonds. The largest absolute Gasteiger partial charge is 0.493 e. The molecule has 0 spiro atoms. The number of nitrogens with zero attached hydrogens (tertiary/aromatic N) is 2. The molecule has 1 atom stereocenters. The first kappa shape index (κ1) is 23.1. The van der Waals surface area contributed by atoms with E-state index in [0.717, 1.165) is 10.9 Å². The van der Waals surface area contributed by atoms with Crippen molar-refractivity contribution in [2.24, 2.45) is 5.92 Å². The van der Waals surface area contributed by atoms with Crippen molar-refractivity contribution in [1.29, 1.82) is 0 Å². The summed E-state index contributed by atoms with van der Waals surface area (Å²) in [5.74, 6) is 0.255. The minimum absolute atomic E-state index is 0.163. The normalized spacial score (nSPS) is 11.7. The summed E-state index contributed by atoms with van der Waals surface area (Å²) in [7, 11) is 4.51. The predicted octanol–water partition coefficient (Wildman–Crippen LogP) is 4.19. The van der Waals surface area contributed by atoms with Gasteiger partial charge in [0, 0.05) is 24.0 Å². The van der Waals surface area contributed by atoms with E-state index in [4.69, 9.17) is 19.2 Å². The van der Waals surface area contributed by atoms with Crippen molar-refractivity contribution in [3.05, 3.63) is 54.1 Å². The van der Waals surface area contributed by atoms with Crippen LogP contribution >= 0.6 is 0 Å². The number of carbonyl (C=O) groups excluding carboxylic acids is 2. The maximum absolute atomic E-state index is 13.5. The van der Waals surface area contributed by atoms with E-state index in [1.165, 1.54) is 7.11 Å². The molecule has 0 radical (unpaired) electrons. The van der Waals surface area contributed by atoms with Crippen LogP contribution in [0.4, 0.5) is 0 Å². The monoisotopic (exact) mass is 436 g/mol. The fourth-order valence-corrected chi connectivity index (χ4v) is 3.63. The molecule has 2 aromatic carbocycles. The average Bonchev–Trinajstić information content (AvgIpc) is 2.84. The van der Waals surface area contributed by atoms with Crippen LogP contribution < -0.4 is 9.47 Å². The number of hydrogen-bond donors (Lipinski definition) is 0. The zero-order valence-electron chi connectivity index (χ0n) is 19.0. The lowest BCUT2D eigenvalue weighted by molar-refractivity contribution is -0.145. The van der Waals surface area contributed by atoms with Gasteiger partial charge in [-0.2, -0.15) is 0 Å². The lowest BCUT2D eigenvalue weighted by atomic mass is 10.0. The fraction of sp³-hybridized carbons (Fsp3) is 0.320. The Kier molecular flexibility index (Phi) is 7.30. The quantitative estimate of drug-likeness (QED) is 0.493. The molecule has 0 saturated heterocycles. The summed E-state index contributed by atoms with van der Waals surface area (Å²) in [5, 5.41) is 0.755. The molecule has 3 rings (SSSR count). The Balaban J connectivity index is 2.09. The Labute approximate surface area is 187 Å². The van der Waals surface area contributed by atoms with Crippen LogP contribution in [0, 0.1) is 5.92 Å². The standard InChI is InChI=1S/C25H28N2O5/c1-6-27(15-16(2)25(29)32-5)24(28)19-14-21(26-20-10-8-7-9-18(19)20)17-11-12-22(30-3)23(13-17)31-4/h7-14,16H,6,15H2,1-5H3. The van der Waals surface area contributed by atoms with E-state index in [1.54, 1.807) is 32.1 Å². The maximum Gasteiger partial charge on any atom is 0.310 e. The van der Waals surface area contributed by atoms with Crippen LogP contribution in [0.2, 0.25) is 0 Å².